The monoisotopic (exact) mass is 1080 g/mol. The van der Waals surface area contributed by atoms with Gasteiger partial charge in [0, 0.05) is 19.3 Å². The van der Waals surface area contributed by atoms with Crippen LogP contribution in [0.4, 0.5) is 0 Å². The van der Waals surface area contributed by atoms with Gasteiger partial charge < -0.3 is 14.2 Å². The van der Waals surface area contributed by atoms with Crippen molar-refractivity contribution in [1.82, 2.24) is 0 Å². The number of esters is 3. The quantitative estimate of drug-likeness (QED) is 0.0261. The Morgan fingerprint density at radius 2 is 0.506 bits per heavy atom. The van der Waals surface area contributed by atoms with Gasteiger partial charge in [0.25, 0.3) is 0 Å². The average Bonchev–Trinajstić information content (AvgIpc) is 3.43. The second-order valence-corrected chi connectivity index (χ2v) is 22.7. The highest BCUT2D eigenvalue weighted by Crippen LogP contribution is 2.18. The summed E-state index contributed by atoms with van der Waals surface area (Å²) in [5.74, 6) is -0.847. The molecule has 0 aliphatic heterocycles. The molecule has 0 fully saturated rings. The lowest BCUT2D eigenvalue weighted by Crippen LogP contribution is -2.30. The molecule has 448 valence electrons. The van der Waals surface area contributed by atoms with Crippen molar-refractivity contribution in [2.45, 2.75) is 361 Å². The lowest BCUT2D eigenvalue weighted by atomic mass is 10.0. The first-order valence-electron chi connectivity index (χ1n) is 33.8. The summed E-state index contributed by atoms with van der Waals surface area (Å²) >= 11 is 0. The van der Waals surface area contributed by atoms with Gasteiger partial charge in [0.05, 0.1) is 0 Å². The van der Waals surface area contributed by atoms with E-state index in [-0.39, 0.29) is 31.1 Å². The van der Waals surface area contributed by atoms with E-state index in [1.165, 1.54) is 225 Å². The fourth-order valence-corrected chi connectivity index (χ4v) is 10.0. The Kier molecular flexibility index (Phi) is 63.2. The van der Waals surface area contributed by atoms with Gasteiger partial charge in [-0.05, 0) is 64.2 Å². The minimum Gasteiger partial charge on any atom is -0.462 e. The highest BCUT2D eigenvalue weighted by molar-refractivity contribution is 5.71. The van der Waals surface area contributed by atoms with Crippen LogP contribution in [-0.2, 0) is 28.6 Å². The Morgan fingerprint density at radius 3 is 0.792 bits per heavy atom. The molecule has 1 unspecified atom stereocenters. The Labute approximate surface area is 479 Å². The number of hydrogen-bond acceptors (Lipinski definition) is 6. The van der Waals surface area contributed by atoms with Crippen LogP contribution in [0.5, 0.6) is 0 Å². The highest BCUT2D eigenvalue weighted by Gasteiger charge is 2.19. The van der Waals surface area contributed by atoms with Gasteiger partial charge in [-0.1, -0.05) is 332 Å². The maximum Gasteiger partial charge on any atom is 0.306 e. The zero-order chi connectivity index (χ0) is 55.7. The minimum absolute atomic E-state index is 0.0675. The molecule has 0 spiro atoms. The van der Waals surface area contributed by atoms with E-state index in [0.29, 0.717) is 19.3 Å². The molecule has 6 nitrogen and oxygen atoms in total. The predicted octanol–water partition coefficient (Wildman–Crippen LogP) is 23.1. The third kappa shape index (κ3) is 63.8. The zero-order valence-corrected chi connectivity index (χ0v) is 51.5. The van der Waals surface area contributed by atoms with Gasteiger partial charge >= 0.3 is 17.9 Å². The second kappa shape index (κ2) is 65.6. The number of carbonyl (C=O) groups is 3. The van der Waals surface area contributed by atoms with E-state index in [2.05, 4.69) is 81.5 Å². The first-order chi connectivity index (χ1) is 38.0. The van der Waals surface area contributed by atoms with Crippen LogP contribution in [0.15, 0.2) is 60.8 Å². The van der Waals surface area contributed by atoms with Crippen molar-refractivity contribution in [3.8, 4) is 0 Å². The van der Waals surface area contributed by atoms with Crippen LogP contribution in [0.2, 0.25) is 0 Å². The van der Waals surface area contributed by atoms with E-state index >= 15 is 0 Å². The van der Waals surface area contributed by atoms with Crippen molar-refractivity contribution in [1.29, 1.82) is 0 Å². The molecule has 1 atom stereocenters. The van der Waals surface area contributed by atoms with Gasteiger partial charge in [0.15, 0.2) is 6.10 Å². The summed E-state index contributed by atoms with van der Waals surface area (Å²) in [4.78, 5) is 38.2. The SMILES string of the molecule is CC/C=C\C/C=C\C/C=C\C/C=C\C/C=C\CCCCCCCCCCCCCCCCCC(=O)OCC(COC(=O)CCCCCCCCCCC)OC(=O)CCCCCCCCCCCCCCCCCCCCC. The topological polar surface area (TPSA) is 78.9 Å². The summed E-state index contributed by atoms with van der Waals surface area (Å²) in [5, 5.41) is 0. The Morgan fingerprint density at radius 1 is 0.273 bits per heavy atom. The summed E-state index contributed by atoms with van der Waals surface area (Å²) in [6.45, 7) is 6.56. The number of unbranched alkanes of at least 4 members (excludes halogenated alkanes) is 41. The Bertz CT molecular complexity index is 1380. The normalized spacial score (nSPS) is 12.4. The fourth-order valence-electron chi connectivity index (χ4n) is 10.0. The molecule has 0 aliphatic rings. The standard InChI is InChI=1S/C71H128O6/c1-4-7-10-13-16-19-21-23-25-27-29-30-31-32-33-34-35-36-37-38-39-40-42-43-45-47-49-52-55-58-61-64-70(73)76-67-68(66-75-69(72)63-60-57-54-51-18-15-12-9-6-3)77-71(74)65-62-59-56-53-50-48-46-44-41-28-26-24-22-20-17-14-11-8-5-2/h7,10,16,19,23,25,29-30,32-33,68H,4-6,8-9,11-15,17-18,20-22,24,26-28,31,34-67H2,1-3H3/b10-7-,19-16-,25-23-,30-29-,33-32-. The molecule has 6 heteroatoms. The van der Waals surface area contributed by atoms with E-state index in [1.807, 2.05) is 0 Å². The van der Waals surface area contributed by atoms with Crippen LogP contribution in [0.25, 0.3) is 0 Å². The smallest absolute Gasteiger partial charge is 0.306 e. The molecule has 0 aromatic carbocycles. The summed E-state index contributed by atoms with van der Waals surface area (Å²) < 4.78 is 16.9. The molecule has 0 saturated carbocycles. The molecule has 0 bridgehead atoms. The summed E-state index contributed by atoms with van der Waals surface area (Å²) in [7, 11) is 0. The van der Waals surface area contributed by atoms with Crippen LogP contribution in [-0.4, -0.2) is 37.2 Å². The van der Waals surface area contributed by atoms with Gasteiger partial charge in [0.2, 0.25) is 0 Å². The zero-order valence-electron chi connectivity index (χ0n) is 51.5. The molecule has 0 aromatic heterocycles. The van der Waals surface area contributed by atoms with Crippen LogP contribution in [0, 0.1) is 0 Å². The first-order valence-corrected chi connectivity index (χ1v) is 33.8. The van der Waals surface area contributed by atoms with Crippen LogP contribution < -0.4 is 0 Å². The molecular weight excluding hydrogens is 949 g/mol. The largest absolute Gasteiger partial charge is 0.462 e. The molecule has 0 aliphatic carbocycles. The fraction of sp³-hybridized carbons (Fsp3) is 0.817. The van der Waals surface area contributed by atoms with Crippen LogP contribution in [0.3, 0.4) is 0 Å². The average molecular weight is 1080 g/mol. The maximum atomic E-state index is 12.9. The van der Waals surface area contributed by atoms with Gasteiger partial charge in [-0.3, -0.25) is 14.4 Å². The molecule has 0 amide bonds. The highest BCUT2D eigenvalue weighted by atomic mass is 16.6. The molecule has 0 saturated heterocycles. The third-order valence-electron chi connectivity index (χ3n) is 15.0. The van der Waals surface area contributed by atoms with Gasteiger partial charge in [-0.25, -0.2) is 0 Å². The summed E-state index contributed by atoms with van der Waals surface area (Å²) in [6, 6.07) is 0. The third-order valence-corrected chi connectivity index (χ3v) is 15.0. The van der Waals surface area contributed by atoms with Crippen LogP contribution >= 0.6 is 0 Å². The molecule has 0 rings (SSSR count). The van der Waals surface area contributed by atoms with E-state index in [1.54, 1.807) is 0 Å². The molecule has 0 aromatic rings. The molecule has 0 N–H and O–H groups in total. The van der Waals surface area contributed by atoms with E-state index in [9.17, 15) is 14.4 Å². The lowest BCUT2D eigenvalue weighted by Gasteiger charge is -2.18. The number of carbonyl (C=O) groups excluding carboxylic acids is 3. The molecule has 0 heterocycles. The Balaban J connectivity index is 4.10. The molecule has 77 heavy (non-hydrogen) atoms. The van der Waals surface area contributed by atoms with Gasteiger partial charge in [-0.15, -0.1) is 0 Å². The van der Waals surface area contributed by atoms with Crippen molar-refractivity contribution in [3.63, 3.8) is 0 Å². The molecule has 0 radical (unpaired) electrons. The predicted molar refractivity (Wildman–Crippen MR) is 335 cm³/mol. The van der Waals surface area contributed by atoms with E-state index in [4.69, 9.17) is 14.2 Å². The summed E-state index contributed by atoms with van der Waals surface area (Å²) in [5.41, 5.74) is 0. The van der Waals surface area contributed by atoms with Crippen molar-refractivity contribution in [2.75, 3.05) is 13.2 Å². The first kappa shape index (κ1) is 74.1. The lowest BCUT2D eigenvalue weighted by molar-refractivity contribution is -0.167. The van der Waals surface area contributed by atoms with E-state index in [0.717, 1.165) is 89.9 Å². The Hall–Kier alpha value is -2.89. The minimum atomic E-state index is -0.768. The maximum absolute atomic E-state index is 12.9. The van der Waals surface area contributed by atoms with Crippen LogP contribution in [0.1, 0.15) is 355 Å². The van der Waals surface area contributed by atoms with Crippen molar-refractivity contribution in [3.05, 3.63) is 60.8 Å². The number of allylic oxidation sites excluding steroid dienone is 10. The van der Waals surface area contributed by atoms with Gasteiger partial charge in [0.1, 0.15) is 13.2 Å². The van der Waals surface area contributed by atoms with E-state index < -0.39 is 6.10 Å². The number of ether oxygens (including phenoxy) is 3. The van der Waals surface area contributed by atoms with Crippen molar-refractivity contribution < 1.29 is 28.6 Å². The number of hydrogen-bond donors (Lipinski definition) is 0. The van der Waals surface area contributed by atoms with Crippen molar-refractivity contribution in [2.24, 2.45) is 0 Å². The summed E-state index contributed by atoms with van der Waals surface area (Å²) in [6.07, 6.45) is 84.0. The molecular formula is C71H128O6. The second-order valence-electron chi connectivity index (χ2n) is 22.7. The van der Waals surface area contributed by atoms with Crippen molar-refractivity contribution >= 4 is 17.9 Å². The van der Waals surface area contributed by atoms with Gasteiger partial charge in [-0.2, -0.15) is 0 Å². The number of rotatable bonds is 62.